The summed E-state index contributed by atoms with van der Waals surface area (Å²) in [5.41, 5.74) is 4.97. The van der Waals surface area contributed by atoms with Crippen LogP contribution in [0.1, 0.15) is 20.8 Å². The molecule has 1 aromatic heterocycles. The van der Waals surface area contributed by atoms with E-state index in [0.29, 0.717) is 6.29 Å². The summed E-state index contributed by atoms with van der Waals surface area (Å²) in [5, 5.41) is 8.60. The monoisotopic (exact) mass is 166 g/mol. The van der Waals surface area contributed by atoms with Crippen LogP contribution in [0.2, 0.25) is 0 Å². The molecule has 0 saturated heterocycles. The second-order valence-corrected chi connectivity index (χ2v) is 2.08. The van der Waals surface area contributed by atoms with E-state index in [9.17, 15) is 9.59 Å². The van der Waals surface area contributed by atoms with Crippen LogP contribution in [0.5, 0.6) is 0 Å². The molecule has 0 aliphatic carbocycles. The van der Waals surface area contributed by atoms with Crippen LogP contribution in [-0.4, -0.2) is 22.3 Å². The maximum absolute atomic E-state index is 10.5. The zero-order valence-electron chi connectivity index (χ0n) is 6.02. The van der Waals surface area contributed by atoms with Crippen LogP contribution in [0.15, 0.2) is 12.3 Å². The Morgan fingerprint density at radius 2 is 2.33 bits per heavy atom. The lowest BCUT2D eigenvalue weighted by Crippen LogP contribution is -2.08. The van der Waals surface area contributed by atoms with Crippen molar-refractivity contribution in [1.82, 2.24) is 4.98 Å². The number of hydrogen-bond acceptors (Lipinski definition) is 4. The number of pyridine rings is 1. The number of anilines is 1. The number of aromatic nitrogens is 1. The number of carboxylic acids is 1. The first kappa shape index (κ1) is 8.19. The minimum atomic E-state index is -1.25. The molecule has 0 radical (unpaired) electrons. The number of hydrogen-bond donors (Lipinski definition) is 2. The minimum Gasteiger partial charge on any atom is -0.478 e. The Balaban J connectivity index is 3.39. The van der Waals surface area contributed by atoms with Crippen molar-refractivity contribution < 1.29 is 14.7 Å². The van der Waals surface area contributed by atoms with Gasteiger partial charge in [0.05, 0.1) is 0 Å². The molecule has 0 unspecified atom stereocenters. The molecule has 5 heteroatoms. The number of rotatable bonds is 2. The molecule has 0 fully saturated rings. The van der Waals surface area contributed by atoms with E-state index in [0.717, 1.165) is 0 Å². The van der Waals surface area contributed by atoms with E-state index in [4.69, 9.17) is 10.8 Å². The second-order valence-electron chi connectivity index (χ2n) is 2.08. The Labute approximate surface area is 67.8 Å². The number of aldehydes is 1. The normalized spacial score (nSPS) is 9.33. The third-order valence-corrected chi connectivity index (χ3v) is 1.34. The first-order chi connectivity index (χ1) is 5.66. The number of aromatic carboxylic acids is 1. The fraction of sp³-hybridized carbons (Fsp3) is 0. The van der Waals surface area contributed by atoms with Gasteiger partial charge in [-0.2, -0.15) is 0 Å². The van der Waals surface area contributed by atoms with E-state index in [-0.39, 0.29) is 16.9 Å². The minimum absolute atomic E-state index is 0.0413. The van der Waals surface area contributed by atoms with E-state index < -0.39 is 5.97 Å². The van der Waals surface area contributed by atoms with Crippen molar-refractivity contribution in [2.45, 2.75) is 0 Å². The largest absolute Gasteiger partial charge is 0.478 e. The van der Waals surface area contributed by atoms with Crippen molar-refractivity contribution in [1.29, 1.82) is 0 Å². The maximum Gasteiger partial charge on any atom is 0.340 e. The summed E-state index contributed by atoms with van der Waals surface area (Å²) in [6.07, 6.45) is 1.64. The van der Waals surface area contributed by atoms with Crippen LogP contribution in [0, 0.1) is 0 Å². The topological polar surface area (TPSA) is 93.3 Å². The lowest BCUT2D eigenvalue weighted by atomic mass is 10.2. The summed E-state index contributed by atoms with van der Waals surface area (Å²) in [6, 6.07) is 1.33. The molecule has 1 aromatic rings. The van der Waals surface area contributed by atoms with Crippen LogP contribution in [0.25, 0.3) is 0 Å². The highest BCUT2D eigenvalue weighted by Gasteiger charge is 2.13. The third kappa shape index (κ3) is 1.24. The molecule has 5 nitrogen and oxygen atoms in total. The van der Waals surface area contributed by atoms with Crippen LogP contribution < -0.4 is 5.73 Å². The zero-order valence-corrected chi connectivity index (χ0v) is 6.02. The van der Waals surface area contributed by atoms with Crippen molar-refractivity contribution in [3.05, 3.63) is 23.5 Å². The van der Waals surface area contributed by atoms with Crippen LogP contribution in [-0.2, 0) is 0 Å². The Morgan fingerprint density at radius 1 is 1.67 bits per heavy atom. The van der Waals surface area contributed by atoms with E-state index in [2.05, 4.69) is 4.98 Å². The van der Waals surface area contributed by atoms with Crippen molar-refractivity contribution >= 4 is 17.9 Å². The number of nitrogen functional groups attached to an aromatic ring is 1. The molecule has 0 atom stereocenters. The average Bonchev–Trinajstić information content (AvgIpc) is 2.03. The fourth-order valence-corrected chi connectivity index (χ4v) is 0.816. The van der Waals surface area contributed by atoms with E-state index in [1.54, 1.807) is 0 Å². The second kappa shape index (κ2) is 3.00. The van der Waals surface area contributed by atoms with Gasteiger partial charge in [-0.1, -0.05) is 0 Å². The van der Waals surface area contributed by atoms with Crippen molar-refractivity contribution in [2.24, 2.45) is 0 Å². The first-order valence-corrected chi connectivity index (χ1v) is 3.09. The van der Waals surface area contributed by atoms with Gasteiger partial charge in [-0.15, -0.1) is 0 Å². The smallest absolute Gasteiger partial charge is 0.340 e. The first-order valence-electron chi connectivity index (χ1n) is 3.09. The quantitative estimate of drug-likeness (QED) is 0.611. The van der Waals surface area contributed by atoms with Crippen LogP contribution in [0.3, 0.4) is 0 Å². The number of carboxylic acid groups (broad SMARTS) is 1. The van der Waals surface area contributed by atoms with Gasteiger partial charge in [0, 0.05) is 11.9 Å². The average molecular weight is 166 g/mol. The van der Waals surface area contributed by atoms with E-state index in [1.165, 1.54) is 12.3 Å². The van der Waals surface area contributed by atoms with Crippen molar-refractivity contribution in [3.8, 4) is 0 Å². The van der Waals surface area contributed by atoms with Gasteiger partial charge in [-0.3, -0.25) is 9.78 Å². The molecule has 0 aromatic carbocycles. The molecule has 62 valence electrons. The highest BCUT2D eigenvalue weighted by molar-refractivity contribution is 6.00. The fourth-order valence-electron chi connectivity index (χ4n) is 0.816. The number of carbonyl (C=O) groups is 2. The highest BCUT2D eigenvalue weighted by Crippen LogP contribution is 2.12. The van der Waals surface area contributed by atoms with Crippen LogP contribution >= 0.6 is 0 Å². The van der Waals surface area contributed by atoms with Gasteiger partial charge in [0.15, 0.2) is 6.29 Å². The Kier molecular flexibility index (Phi) is 2.05. The lowest BCUT2D eigenvalue weighted by molar-refractivity contribution is 0.0694. The summed E-state index contributed by atoms with van der Waals surface area (Å²) in [5.74, 6) is -1.25. The molecule has 12 heavy (non-hydrogen) atoms. The molecule has 0 aliphatic heterocycles. The maximum atomic E-state index is 10.5. The summed E-state index contributed by atoms with van der Waals surface area (Å²) < 4.78 is 0. The molecule has 0 aliphatic rings. The molecule has 3 N–H and O–H groups in total. The highest BCUT2D eigenvalue weighted by atomic mass is 16.4. The summed E-state index contributed by atoms with van der Waals surface area (Å²) >= 11 is 0. The molecule has 1 heterocycles. The molecule has 0 saturated carbocycles. The standard InChI is InChI=1S/C7H6N2O3/c8-4-1-2-9-5(3-10)6(4)7(11)12/h1-3H,(H2,8,9)(H,11,12). The van der Waals surface area contributed by atoms with Gasteiger partial charge in [0.2, 0.25) is 0 Å². The summed E-state index contributed by atoms with van der Waals surface area (Å²) in [6.45, 7) is 0. The van der Waals surface area contributed by atoms with Crippen LogP contribution in [0.4, 0.5) is 5.69 Å². The predicted octanol–water partition coefficient (Wildman–Crippen LogP) is 0.175. The molecular formula is C7H6N2O3. The van der Waals surface area contributed by atoms with E-state index in [1.807, 2.05) is 0 Å². The molecule has 0 bridgehead atoms. The van der Waals surface area contributed by atoms with Gasteiger partial charge >= 0.3 is 5.97 Å². The predicted molar refractivity (Wildman–Crippen MR) is 41.0 cm³/mol. The van der Waals surface area contributed by atoms with Gasteiger partial charge in [-0.25, -0.2) is 4.79 Å². The Hall–Kier alpha value is -1.91. The summed E-state index contributed by atoms with van der Waals surface area (Å²) in [4.78, 5) is 24.4. The van der Waals surface area contributed by atoms with Crippen molar-refractivity contribution in [2.75, 3.05) is 5.73 Å². The lowest BCUT2D eigenvalue weighted by Gasteiger charge is -2.00. The molecule has 0 amide bonds. The molecule has 1 rings (SSSR count). The summed E-state index contributed by atoms with van der Waals surface area (Å²) in [7, 11) is 0. The number of carbonyl (C=O) groups excluding carboxylic acids is 1. The molecule has 0 spiro atoms. The molecular weight excluding hydrogens is 160 g/mol. The van der Waals surface area contributed by atoms with Gasteiger partial charge in [0.25, 0.3) is 0 Å². The van der Waals surface area contributed by atoms with Gasteiger partial charge < -0.3 is 10.8 Å². The Bertz CT molecular complexity index is 335. The Morgan fingerprint density at radius 3 is 2.75 bits per heavy atom. The number of nitrogens with two attached hydrogens (primary N) is 1. The third-order valence-electron chi connectivity index (χ3n) is 1.34. The van der Waals surface area contributed by atoms with Crippen molar-refractivity contribution in [3.63, 3.8) is 0 Å². The SMILES string of the molecule is Nc1ccnc(C=O)c1C(=O)O. The van der Waals surface area contributed by atoms with E-state index >= 15 is 0 Å². The van der Waals surface area contributed by atoms with Gasteiger partial charge in [-0.05, 0) is 6.07 Å². The zero-order chi connectivity index (χ0) is 9.14. The van der Waals surface area contributed by atoms with Gasteiger partial charge in [0.1, 0.15) is 11.3 Å². The number of nitrogens with zero attached hydrogens (tertiary/aromatic N) is 1.